The summed E-state index contributed by atoms with van der Waals surface area (Å²) in [5.74, 6) is 1.36. The van der Waals surface area contributed by atoms with Gasteiger partial charge in [0.1, 0.15) is 5.75 Å². The molecule has 0 atom stereocenters. The highest BCUT2D eigenvalue weighted by Gasteiger charge is 2.18. The minimum Gasteiger partial charge on any atom is -0.496 e. The summed E-state index contributed by atoms with van der Waals surface area (Å²) in [6, 6.07) is 5.94. The average molecular weight is 368 g/mol. The first kappa shape index (κ1) is 18.6. The molecule has 2 N–H and O–H groups in total. The predicted molar refractivity (Wildman–Crippen MR) is 103 cm³/mol. The van der Waals surface area contributed by atoms with Crippen molar-refractivity contribution in [1.29, 1.82) is 0 Å². The second-order valence-corrected chi connectivity index (χ2v) is 6.68. The van der Waals surface area contributed by atoms with E-state index in [0.29, 0.717) is 12.3 Å². The van der Waals surface area contributed by atoms with Crippen molar-refractivity contribution in [2.45, 2.75) is 33.7 Å². The summed E-state index contributed by atoms with van der Waals surface area (Å²) in [7, 11) is 3.42. The molecule has 0 aliphatic rings. The van der Waals surface area contributed by atoms with Crippen molar-refractivity contribution >= 4 is 17.6 Å². The van der Waals surface area contributed by atoms with E-state index in [0.717, 1.165) is 33.8 Å². The number of amides is 1. The Labute approximate surface area is 158 Å². The van der Waals surface area contributed by atoms with Crippen LogP contribution in [0.15, 0.2) is 18.2 Å². The van der Waals surface area contributed by atoms with Crippen LogP contribution < -0.4 is 10.5 Å². The summed E-state index contributed by atoms with van der Waals surface area (Å²) < 4.78 is 6.99. The monoisotopic (exact) mass is 368 g/mol. The van der Waals surface area contributed by atoms with E-state index >= 15 is 0 Å². The number of nitrogens with zero attached hydrogens (tertiary/aromatic N) is 5. The second-order valence-electron chi connectivity index (χ2n) is 6.68. The number of hydrogen-bond acceptors (Lipinski definition) is 6. The lowest BCUT2D eigenvalue weighted by Gasteiger charge is -2.20. The number of likely N-dealkylation sites (N-methyl/N-ethyl adjacent to an activating group) is 1. The summed E-state index contributed by atoms with van der Waals surface area (Å²) in [5, 5.41) is 4.15. The number of anilines is 1. The van der Waals surface area contributed by atoms with Gasteiger partial charge in [-0.1, -0.05) is 17.7 Å². The van der Waals surface area contributed by atoms with E-state index in [4.69, 9.17) is 10.5 Å². The van der Waals surface area contributed by atoms with Gasteiger partial charge in [-0.25, -0.2) is 4.98 Å². The lowest BCUT2D eigenvalue weighted by atomic mass is 10.1. The fraction of sp³-hybridized carbons (Fsp3) is 0.368. The van der Waals surface area contributed by atoms with Crippen molar-refractivity contribution in [1.82, 2.24) is 24.5 Å². The third-order valence-electron chi connectivity index (χ3n) is 4.66. The molecule has 27 heavy (non-hydrogen) atoms. The van der Waals surface area contributed by atoms with Gasteiger partial charge in [-0.15, -0.1) is 5.10 Å². The molecule has 8 nitrogen and oxygen atoms in total. The van der Waals surface area contributed by atoms with Gasteiger partial charge in [-0.3, -0.25) is 4.79 Å². The molecule has 0 unspecified atom stereocenters. The zero-order valence-electron chi connectivity index (χ0n) is 16.3. The van der Waals surface area contributed by atoms with Crippen LogP contribution in [0.3, 0.4) is 0 Å². The molecular formula is C19H24N6O2. The van der Waals surface area contributed by atoms with Gasteiger partial charge in [-0.2, -0.15) is 9.50 Å². The van der Waals surface area contributed by atoms with E-state index in [9.17, 15) is 4.79 Å². The van der Waals surface area contributed by atoms with Crippen molar-refractivity contribution in [2.75, 3.05) is 19.9 Å². The summed E-state index contributed by atoms with van der Waals surface area (Å²) in [6.45, 7) is 6.24. The fourth-order valence-electron chi connectivity index (χ4n) is 3.14. The third kappa shape index (κ3) is 3.69. The summed E-state index contributed by atoms with van der Waals surface area (Å²) in [4.78, 5) is 23.0. The Morgan fingerprint density at radius 2 is 2.00 bits per heavy atom. The lowest BCUT2D eigenvalue weighted by molar-refractivity contribution is -0.129. The van der Waals surface area contributed by atoms with E-state index in [1.807, 2.05) is 39.0 Å². The van der Waals surface area contributed by atoms with Crippen molar-refractivity contribution in [3.05, 3.63) is 46.3 Å². The van der Waals surface area contributed by atoms with Crippen LogP contribution >= 0.6 is 0 Å². The van der Waals surface area contributed by atoms with Crippen LogP contribution in [0.2, 0.25) is 0 Å². The van der Waals surface area contributed by atoms with Crippen LogP contribution in [-0.4, -0.2) is 44.5 Å². The molecule has 1 amide bonds. The van der Waals surface area contributed by atoms with Gasteiger partial charge in [0.05, 0.1) is 13.5 Å². The summed E-state index contributed by atoms with van der Waals surface area (Å²) in [6.07, 6.45) is 0.227. The first-order valence-corrected chi connectivity index (χ1v) is 8.66. The molecule has 0 saturated carbocycles. The highest BCUT2D eigenvalue weighted by molar-refractivity contribution is 5.79. The number of carbonyl (C=O) groups is 1. The van der Waals surface area contributed by atoms with Crippen LogP contribution in [0.5, 0.6) is 5.75 Å². The predicted octanol–water partition coefficient (Wildman–Crippen LogP) is 1.84. The quantitative estimate of drug-likeness (QED) is 0.738. The third-order valence-corrected chi connectivity index (χ3v) is 4.66. The van der Waals surface area contributed by atoms with E-state index < -0.39 is 0 Å². The summed E-state index contributed by atoms with van der Waals surface area (Å²) >= 11 is 0. The number of benzene rings is 1. The minimum absolute atomic E-state index is 0.0148. The van der Waals surface area contributed by atoms with Crippen LogP contribution in [0.1, 0.15) is 28.1 Å². The minimum atomic E-state index is -0.0148. The number of hydrogen-bond donors (Lipinski definition) is 1. The number of fused-ring (bicyclic) bond motifs is 1. The van der Waals surface area contributed by atoms with Crippen molar-refractivity contribution in [3.8, 4) is 5.75 Å². The standard InChI is InChI=1S/C19H24N6O2/c1-11-6-7-16(27-5)14(8-11)10-24(4)17(26)9-15-12(2)21-19-22-18(20)23-25(19)13(15)3/h6-8H,9-10H2,1-5H3,(H2,20,23). The first-order chi connectivity index (χ1) is 12.8. The van der Waals surface area contributed by atoms with Crippen molar-refractivity contribution in [3.63, 3.8) is 0 Å². The highest BCUT2D eigenvalue weighted by Crippen LogP contribution is 2.22. The maximum Gasteiger partial charge on any atom is 0.254 e. The molecule has 0 aliphatic heterocycles. The van der Waals surface area contributed by atoms with Gasteiger partial charge in [0, 0.05) is 36.1 Å². The number of methoxy groups -OCH3 is 1. The number of aromatic nitrogens is 4. The molecule has 0 fully saturated rings. The first-order valence-electron chi connectivity index (χ1n) is 8.66. The Bertz CT molecular complexity index is 1010. The molecule has 2 heterocycles. The highest BCUT2D eigenvalue weighted by atomic mass is 16.5. The molecule has 0 bridgehead atoms. The lowest BCUT2D eigenvalue weighted by Crippen LogP contribution is -2.29. The number of aryl methyl sites for hydroxylation is 3. The van der Waals surface area contributed by atoms with Crippen LogP contribution in [0.4, 0.5) is 5.95 Å². The Hall–Kier alpha value is -3.16. The number of nitrogens with two attached hydrogens (primary N) is 1. The van der Waals surface area contributed by atoms with Gasteiger partial charge in [-0.05, 0) is 26.8 Å². The van der Waals surface area contributed by atoms with Gasteiger partial charge in [0.25, 0.3) is 5.78 Å². The van der Waals surface area contributed by atoms with Crippen LogP contribution in [0.25, 0.3) is 5.78 Å². The number of ether oxygens (including phenoxy) is 1. The Kier molecular flexibility index (Phi) is 4.98. The topological polar surface area (TPSA) is 98.6 Å². The molecule has 0 radical (unpaired) electrons. The molecule has 3 rings (SSSR count). The van der Waals surface area contributed by atoms with Gasteiger partial charge in [0.2, 0.25) is 11.9 Å². The summed E-state index contributed by atoms with van der Waals surface area (Å²) in [5.41, 5.74) is 10.2. The Morgan fingerprint density at radius 3 is 2.70 bits per heavy atom. The SMILES string of the molecule is COc1ccc(C)cc1CN(C)C(=O)Cc1c(C)nc2nc(N)nn2c1C. The molecule has 142 valence electrons. The van der Waals surface area contributed by atoms with Crippen LogP contribution in [-0.2, 0) is 17.8 Å². The van der Waals surface area contributed by atoms with E-state index in [1.54, 1.807) is 23.6 Å². The molecule has 0 aliphatic carbocycles. The van der Waals surface area contributed by atoms with Gasteiger partial charge >= 0.3 is 0 Å². The fourth-order valence-corrected chi connectivity index (χ4v) is 3.14. The average Bonchev–Trinajstić information content (AvgIpc) is 2.99. The number of carbonyl (C=O) groups excluding carboxylic acids is 1. The van der Waals surface area contributed by atoms with Gasteiger partial charge < -0.3 is 15.4 Å². The Balaban J connectivity index is 1.83. The largest absolute Gasteiger partial charge is 0.496 e. The smallest absolute Gasteiger partial charge is 0.254 e. The molecule has 3 aromatic rings. The van der Waals surface area contributed by atoms with Gasteiger partial charge in [0.15, 0.2) is 0 Å². The number of rotatable bonds is 5. The normalized spacial score (nSPS) is 11.0. The van der Waals surface area contributed by atoms with E-state index in [-0.39, 0.29) is 18.3 Å². The zero-order chi connectivity index (χ0) is 19.7. The van der Waals surface area contributed by atoms with Crippen LogP contribution in [0, 0.1) is 20.8 Å². The van der Waals surface area contributed by atoms with Crippen molar-refractivity contribution in [2.24, 2.45) is 0 Å². The van der Waals surface area contributed by atoms with Crippen molar-refractivity contribution < 1.29 is 9.53 Å². The van der Waals surface area contributed by atoms with E-state index in [1.165, 1.54) is 0 Å². The maximum atomic E-state index is 12.8. The molecule has 8 heteroatoms. The number of nitrogen functional groups attached to an aromatic ring is 1. The molecular weight excluding hydrogens is 344 g/mol. The molecule has 0 saturated heterocycles. The molecule has 0 spiro atoms. The van der Waals surface area contributed by atoms with E-state index in [2.05, 4.69) is 15.1 Å². The maximum absolute atomic E-state index is 12.8. The molecule has 1 aromatic carbocycles. The second kappa shape index (κ2) is 7.22. The Morgan fingerprint density at radius 1 is 1.26 bits per heavy atom. The molecule has 2 aromatic heterocycles. The zero-order valence-corrected chi connectivity index (χ0v) is 16.3.